The summed E-state index contributed by atoms with van der Waals surface area (Å²) in [6.45, 7) is 2.01. The highest BCUT2D eigenvalue weighted by Crippen LogP contribution is 2.16. The van der Waals surface area contributed by atoms with Gasteiger partial charge in [-0.15, -0.1) is 0 Å². The molecule has 1 aliphatic rings. The van der Waals surface area contributed by atoms with Crippen molar-refractivity contribution in [1.82, 2.24) is 20.4 Å². The molecule has 134 valence electrons. The molecule has 1 aliphatic carbocycles. The zero-order valence-corrected chi connectivity index (χ0v) is 14.4. The molecule has 0 spiro atoms. The summed E-state index contributed by atoms with van der Waals surface area (Å²) < 4.78 is 6.19. The molecule has 7 heteroatoms. The van der Waals surface area contributed by atoms with Crippen molar-refractivity contribution in [3.63, 3.8) is 0 Å². The summed E-state index contributed by atoms with van der Waals surface area (Å²) in [5.74, 6) is -0.260. The van der Waals surface area contributed by atoms with E-state index in [1.165, 1.54) is 55.3 Å². The molecule has 2 rings (SSSR count). The zero-order chi connectivity index (χ0) is 17.2. The first-order chi connectivity index (χ1) is 11.7. The maximum Gasteiger partial charge on any atom is 0.271 e. The van der Waals surface area contributed by atoms with Crippen molar-refractivity contribution in [2.75, 3.05) is 26.8 Å². The van der Waals surface area contributed by atoms with E-state index in [1.807, 2.05) is 0 Å². The predicted octanol–water partition coefficient (Wildman–Crippen LogP) is 0.932. The quantitative estimate of drug-likeness (QED) is 0.545. The van der Waals surface area contributed by atoms with Crippen LogP contribution in [0, 0.1) is 0 Å². The van der Waals surface area contributed by atoms with Gasteiger partial charge in [0.05, 0.1) is 13.2 Å². The summed E-state index contributed by atoms with van der Waals surface area (Å²) in [4.78, 5) is 23.8. The molecule has 0 aromatic carbocycles. The number of carbonyl (C=O) groups excluding carboxylic acids is 1. The second kappa shape index (κ2) is 10.2. The Morgan fingerprint density at radius 3 is 2.71 bits per heavy atom. The Balaban J connectivity index is 1.76. The second-order valence-electron chi connectivity index (χ2n) is 6.17. The van der Waals surface area contributed by atoms with Crippen LogP contribution in [0.4, 0.5) is 0 Å². The van der Waals surface area contributed by atoms with Crippen LogP contribution in [-0.2, 0) is 11.3 Å². The molecule has 1 aromatic heterocycles. The fraction of sp³-hybridized carbons (Fsp3) is 0.706. The lowest BCUT2D eigenvalue weighted by Gasteiger charge is -2.16. The molecular formula is C17H28N4O3. The number of hydrogen-bond donors (Lipinski definition) is 2. The lowest BCUT2D eigenvalue weighted by Crippen LogP contribution is -2.37. The van der Waals surface area contributed by atoms with Crippen molar-refractivity contribution in [3.05, 3.63) is 28.2 Å². The van der Waals surface area contributed by atoms with Crippen molar-refractivity contribution in [1.29, 1.82) is 0 Å². The van der Waals surface area contributed by atoms with Crippen LogP contribution in [0.2, 0.25) is 0 Å². The molecule has 2 N–H and O–H groups in total. The van der Waals surface area contributed by atoms with E-state index in [4.69, 9.17) is 4.74 Å². The monoisotopic (exact) mass is 336 g/mol. The number of hydrogen-bond acceptors (Lipinski definition) is 5. The predicted molar refractivity (Wildman–Crippen MR) is 92.2 cm³/mol. The number of methoxy groups -OCH3 is 1. The lowest BCUT2D eigenvalue weighted by atomic mass is 10.1. The Morgan fingerprint density at radius 2 is 2.00 bits per heavy atom. The highest BCUT2D eigenvalue weighted by Gasteiger charge is 2.12. The Morgan fingerprint density at radius 1 is 1.25 bits per heavy atom. The average molecular weight is 336 g/mol. The van der Waals surface area contributed by atoms with Crippen LogP contribution < -0.4 is 16.2 Å². The van der Waals surface area contributed by atoms with Gasteiger partial charge in [-0.2, -0.15) is 5.10 Å². The number of carbonyl (C=O) groups is 1. The van der Waals surface area contributed by atoms with E-state index in [9.17, 15) is 9.59 Å². The molecular weight excluding hydrogens is 308 g/mol. The van der Waals surface area contributed by atoms with Crippen molar-refractivity contribution < 1.29 is 9.53 Å². The highest BCUT2D eigenvalue weighted by molar-refractivity contribution is 5.91. The van der Waals surface area contributed by atoms with E-state index >= 15 is 0 Å². The van der Waals surface area contributed by atoms with E-state index in [1.54, 1.807) is 7.11 Å². The van der Waals surface area contributed by atoms with Crippen molar-refractivity contribution >= 4 is 5.91 Å². The number of nitrogens with one attached hydrogen (secondary N) is 2. The SMILES string of the molecule is COCCn1nc(C(=O)NCCNC2CCCCCC2)ccc1=O. The molecule has 1 heterocycles. The maximum absolute atomic E-state index is 12.1. The molecule has 0 bridgehead atoms. The smallest absolute Gasteiger partial charge is 0.271 e. The standard InChI is InChI=1S/C17H28N4O3/c1-24-13-12-21-16(22)9-8-15(20-21)17(23)19-11-10-18-14-6-4-2-3-5-7-14/h8-9,14,18H,2-7,10-13H2,1H3,(H,19,23). The van der Waals surface area contributed by atoms with Gasteiger partial charge in [0.15, 0.2) is 0 Å². The van der Waals surface area contributed by atoms with Crippen LogP contribution in [0.5, 0.6) is 0 Å². The van der Waals surface area contributed by atoms with E-state index in [0.717, 1.165) is 6.54 Å². The minimum atomic E-state index is -0.260. The Labute approximate surface area is 142 Å². The van der Waals surface area contributed by atoms with Crippen LogP contribution in [0.15, 0.2) is 16.9 Å². The first-order valence-electron chi connectivity index (χ1n) is 8.79. The van der Waals surface area contributed by atoms with Crippen LogP contribution in [0.1, 0.15) is 49.0 Å². The Bertz CT molecular complexity index is 565. The number of rotatable bonds is 8. The fourth-order valence-corrected chi connectivity index (χ4v) is 2.93. The van der Waals surface area contributed by atoms with E-state index < -0.39 is 0 Å². The highest BCUT2D eigenvalue weighted by atomic mass is 16.5. The third-order valence-electron chi connectivity index (χ3n) is 4.31. The van der Waals surface area contributed by atoms with Gasteiger partial charge in [-0.1, -0.05) is 25.7 Å². The fourth-order valence-electron chi connectivity index (χ4n) is 2.93. The van der Waals surface area contributed by atoms with Crippen molar-refractivity contribution in [2.45, 2.75) is 51.1 Å². The summed E-state index contributed by atoms with van der Waals surface area (Å²) >= 11 is 0. The Hall–Kier alpha value is -1.73. The molecule has 1 aromatic rings. The third kappa shape index (κ3) is 6.05. The van der Waals surface area contributed by atoms with E-state index in [2.05, 4.69) is 15.7 Å². The van der Waals surface area contributed by atoms with Gasteiger partial charge in [-0.25, -0.2) is 4.68 Å². The normalized spacial score (nSPS) is 15.9. The van der Waals surface area contributed by atoms with Crippen LogP contribution in [0.25, 0.3) is 0 Å². The van der Waals surface area contributed by atoms with Gasteiger partial charge < -0.3 is 15.4 Å². The van der Waals surface area contributed by atoms with Crippen LogP contribution in [0.3, 0.4) is 0 Å². The van der Waals surface area contributed by atoms with Crippen molar-refractivity contribution in [3.8, 4) is 0 Å². The molecule has 1 saturated carbocycles. The van der Waals surface area contributed by atoms with Gasteiger partial charge in [-0.3, -0.25) is 9.59 Å². The second-order valence-corrected chi connectivity index (χ2v) is 6.17. The van der Waals surface area contributed by atoms with Crippen LogP contribution in [-0.4, -0.2) is 48.5 Å². The Kier molecular flexibility index (Phi) is 7.91. The summed E-state index contributed by atoms with van der Waals surface area (Å²) in [5.41, 5.74) is 0.0128. The van der Waals surface area contributed by atoms with Gasteiger partial charge in [-0.05, 0) is 18.9 Å². The van der Waals surface area contributed by atoms with Gasteiger partial charge in [0.2, 0.25) is 0 Å². The minimum absolute atomic E-state index is 0.237. The first kappa shape index (κ1) is 18.6. The number of nitrogens with zero attached hydrogens (tertiary/aromatic N) is 2. The van der Waals surface area contributed by atoms with E-state index in [0.29, 0.717) is 25.7 Å². The average Bonchev–Trinajstić information content (AvgIpc) is 2.86. The molecule has 0 unspecified atom stereocenters. The summed E-state index contributed by atoms with van der Waals surface area (Å²) in [7, 11) is 1.56. The van der Waals surface area contributed by atoms with E-state index in [-0.39, 0.29) is 17.2 Å². The molecule has 1 fully saturated rings. The number of ether oxygens (including phenoxy) is 1. The largest absolute Gasteiger partial charge is 0.383 e. The molecule has 1 amide bonds. The van der Waals surface area contributed by atoms with Gasteiger partial charge in [0, 0.05) is 32.3 Å². The summed E-state index contributed by atoms with van der Waals surface area (Å²) in [6.07, 6.45) is 7.69. The van der Waals surface area contributed by atoms with Gasteiger partial charge in [0.25, 0.3) is 11.5 Å². The molecule has 24 heavy (non-hydrogen) atoms. The summed E-state index contributed by atoms with van der Waals surface area (Å²) in [5, 5.41) is 10.4. The van der Waals surface area contributed by atoms with Gasteiger partial charge in [0.1, 0.15) is 5.69 Å². The summed E-state index contributed by atoms with van der Waals surface area (Å²) in [6, 6.07) is 3.39. The molecule has 0 saturated heterocycles. The topological polar surface area (TPSA) is 85.2 Å². The van der Waals surface area contributed by atoms with Crippen molar-refractivity contribution in [2.24, 2.45) is 0 Å². The molecule has 7 nitrogen and oxygen atoms in total. The maximum atomic E-state index is 12.1. The molecule has 0 atom stereocenters. The zero-order valence-electron chi connectivity index (χ0n) is 14.4. The molecule has 0 radical (unpaired) electrons. The third-order valence-corrected chi connectivity index (χ3v) is 4.31. The lowest BCUT2D eigenvalue weighted by molar-refractivity contribution is 0.0945. The number of aromatic nitrogens is 2. The van der Waals surface area contributed by atoms with Gasteiger partial charge >= 0.3 is 0 Å². The number of amides is 1. The minimum Gasteiger partial charge on any atom is -0.383 e. The first-order valence-corrected chi connectivity index (χ1v) is 8.79. The molecule has 0 aliphatic heterocycles. The van der Waals surface area contributed by atoms with Crippen LogP contribution >= 0.6 is 0 Å².